The molecule has 1 atom stereocenters. The first-order chi connectivity index (χ1) is 11.9. The standard InChI is InChI=1S/C19H20FNO3S/c1-14-4-2-6-18(12-14)25(23,24)21-11-3-5-16(13-21)19(22)15-7-9-17(20)10-8-15/h2,4,6-10,12,16H,3,5,11,13H2,1H3. The molecule has 1 saturated heterocycles. The Kier molecular flexibility index (Phi) is 5.01. The van der Waals surface area contributed by atoms with Crippen LogP contribution in [0.5, 0.6) is 0 Å². The number of ketones is 1. The second kappa shape index (κ2) is 7.06. The van der Waals surface area contributed by atoms with Crippen LogP contribution in [0.4, 0.5) is 4.39 Å². The maximum absolute atomic E-state index is 13.0. The molecular formula is C19H20FNO3S. The van der Waals surface area contributed by atoms with E-state index in [1.807, 2.05) is 13.0 Å². The Bertz CT molecular complexity index is 878. The third kappa shape index (κ3) is 3.80. The van der Waals surface area contributed by atoms with Crippen molar-refractivity contribution in [2.24, 2.45) is 5.92 Å². The Morgan fingerprint density at radius 2 is 1.88 bits per heavy atom. The Morgan fingerprint density at radius 1 is 1.16 bits per heavy atom. The lowest BCUT2D eigenvalue weighted by Gasteiger charge is -2.31. The average molecular weight is 361 g/mol. The van der Waals surface area contributed by atoms with Crippen molar-refractivity contribution in [1.82, 2.24) is 4.31 Å². The molecule has 1 aliphatic rings. The summed E-state index contributed by atoms with van der Waals surface area (Å²) in [4.78, 5) is 12.9. The summed E-state index contributed by atoms with van der Waals surface area (Å²) < 4.78 is 40.1. The van der Waals surface area contributed by atoms with Crippen molar-refractivity contribution in [3.05, 3.63) is 65.5 Å². The third-order valence-electron chi connectivity index (χ3n) is 4.51. The van der Waals surface area contributed by atoms with Gasteiger partial charge in [-0.05, 0) is 61.7 Å². The van der Waals surface area contributed by atoms with Gasteiger partial charge in [-0.25, -0.2) is 12.8 Å². The minimum atomic E-state index is -3.62. The Labute approximate surface area is 147 Å². The molecule has 2 aromatic carbocycles. The number of sulfonamides is 1. The molecule has 0 aliphatic carbocycles. The van der Waals surface area contributed by atoms with E-state index in [1.54, 1.807) is 18.2 Å². The van der Waals surface area contributed by atoms with Gasteiger partial charge >= 0.3 is 0 Å². The van der Waals surface area contributed by atoms with Gasteiger partial charge in [0.25, 0.3) is 0 Å². The molecule has 2 aromatic rings. The zero-order valence-electron chi connectivity index (χ0n) is 14.0. The van der Waals surface area contributed by atoms with Gasteiger partial charge in [-0.1, -0.05) is 12.1 Å². The third-order valence-corrected chi connectivity index (χ3v) is 6.37. The second-order valence-corrected chi connectivity index (χ2v) is 8.33. The van der Waals surface area contributed by atoms with E-state index in [2.05, 4.69) is 0 Å². The summed E-state index contributed by atoms with van der Waals surface area (Å²) in [7, 11) is -3.62. The zero-order valence-corrected chi connectivity index (χ0v) is 14.8. The first-order valence-corrected chi connectivity index (χ1v) is 9.68. The molecular weight excluding hydrogens is 341 g/mol. The van der Waals surface area contributed by atoms with Crippen molar-refractivity contribution in [1.29, 1.82) is 0 Å². The van der Waals surface area contributed by atoms with Gasteiger partial charge in [0.1, 0.15) is 5.82 Å². The predicted octanol–water partition coefficient (Wildman–Crippen LogP) is 3.42. The van der Waals surface area contributed by atoms with Gasteiger partial charge in [0, 0.05) is 24.6 Å². The van der Waals surface area contributed by atoms with Crippen LogP contribution in [0.15, 0.2) is 53.4 Å². The van der Waals surface area contributed by atoms with Crippen molar-refractivity contribution in [3.63, 3.8) is 0 Å². The molecule has 0 aromatic heterocycles. The van der Waals surface area contributed by atoms with Gasteiger partial charge in [0.15, 0.2) is 5.78 Å². The number of rotatable bonds is 4. The number of nitrogens with zero attached hydrogens (tertiary/aromatic N) is 1. The number of aryl methyl sites for hydroxylation is 1. The quantitative estimate of drug-likeness (QED) is 0.784. The molecule has 132 valence electrons. The molecule has 0 saturated carbocycles. The molecule has 3 rings (SSSR count). The van der Waals surface area contributed by atoms with Crippen molar-refractivity contribution in [2.45, 2.75) is 24.7 Å². The highest BCUT2D eigenvalue weighted by molar-refractivity contribution is 7.89. The summed E-state index contributed by atoms with van der Waals surface area (Å²) in [6.45, 7) is 2.41. The normalized spacial score (nSPS) is 18.9. The first-order valence-electron chi connectivity index (χ1n) is 8.24. The molecule has 0 spiro atoms. The largest absolute Gasteiger partial charge is 0.294 e. The lowest BCUT2D eigenvalue weighted by molar-refractivity contribution is 0.0872. The fourth-order valence-corrected chi connectivity index (χ4v) is 4.78. The van der Waals surface area contributed by atoms with Crippen LogP contribution >= 0.6 is 0 Å². The predicted molar refractivity (Wildman–Crippen MR) is 93.4 cm³/mol. The van der Waals surface area contributed by atoms with Crippen molar-refractivity contribution >= 4 is 15.8 Å². The van der Waals surface area contributed by atoms with E-state index in [1.165, 1.54) is 28.6 Å². The summed E-state index contributed by atoms with van der Waals surface area (Å²) in [5.41, 5.74) is 1.29. The average Bonchev–Trinajstić information content (AvgIpc) is 2.62. The van der Waals surface area contributed by atoms with Gasteiger partial charge < -0.3 is 0 Å². The van der Waals surface area contributed by atoms with Crippen molar-refractivity contribution in [2.75, 3.05) is 13.1 Å². The molecule has 1 unspecified atom stereocenters. The smallest absolute Gasteiger partial charge is 0.243 e. The molecule has 1 aliphatic heterocycles. The summed E-state index contributed by atoms with van der Waals surface area (Å²) in [5, 5.41) is 0. The van der Waals surface area contributed by atoms with E-state index in [0.717, 1.165) is 5.56 Å². The molecule has 0 N–H and O–H groups in total. The number of hydrogen-bond acceptors (Lipinski definition) is 3. The van der Waals surface area contributed by atoms with Crippen LogP contribution in [0.3, 0.4) is 0 Å². The van der Waals surface area contributed by atoms with Crippen LogP contribution in [0.2, 0.25) is 0 Å². The fourth-order valence-electron chi connectivity index (χ4n) is 3.15. The number of carbonyl (C=O) groups excluding carboxylic acids is 1. The minimum Gasteiger partial charge on any atom is -0.294 e. The van der Waals surface area contributed by atoms with E-state index >= 15 is 0 Å². The molecule has 1 heterocycles. The van der Waals surface area contributed by atoms with Crippen LogP contribution in [0.25, 0.3) is 0 Å². The highest BCUT2D eigenvalue weighted by atomic mass is 32.2. The molecule has 6 heteroatoms. The molecule has 0 radical (unpaired) electrons. The maximum Gasteiger partial charge on any atom is 0.243 e. The van der Waals surface area contributed by atoms with Crippen LogP contribution in [0, 0.1) is 18.7 Å². The van der Waals surface area contributed by atoms with Gasteiger partial charge in [0.2, 0.25) is 10.0 Å². The second-order valence-electron chi connectivity index (χ2n) is 6.39. The Morgan fingerprint density at radius 3 is 2.56 bits per heavy atom. The Balaban J connectivity index is 1.81. The topological polar surface area (TPSA) is 54.5 Å². The number of benzene rings is 2. The highest BCUT2D eigenvalue weighted by Crippen LogP contribution is 2.26. The van der Waals surface area contributed by atoms with E-state index in [-0.39, 0.29) is 17.2 Å². The summed E-state index contributed by atoms with van der Waals surface area (Å²) >= 11 is 0. The van der Waals surface area contributed by atoms with Crippen LogP contribution < -0.4 is 0 Å². The molecule has 4 nitrogen and oxygen atoms in total. The van der Waals surface area contributed by atoms with E-state index in [9.17, 15) is 17.6 Å². The number of halogens is 1. The molecule has 0 bridgehead atoms. The van der Waals surface area contributed by atoms with Crippen LogP contribution in [0.1, 0.15) is 28.8 Å². The van der Waals surface area contributed by atoms with Gasteiger partial charge in [-0.2, -0.15) is 4.31 Å². The summed E-state index contributed by atoms with van der Waals surface area (Å²) in [6, 6.07) is 12.2. The minimum absolute atomic E-state index is 0.135. The first kappa shape index (κ1) is 17.8. The van der Waals surface area contributed by atoms with Crippen molar-refractivity contribution in [3.8, 4) is 0 Å². The fraction of sp³-hybridized carbons (Fsp3) is 0.316. The Hall–Kier alpha value is -2.05. The number of Topliss-reactive ketones (excluding diaryl/α,β-unsaturated/α-hetero) is 1. The van der Waals surface area contributed by atoms with Gasteiger partial charge in [-0.15, -0.1) is 0 Å². The summed E-state index contributed by atoms with van der Waals surface area (Å²) in [6.07, 6.45) is 1.26. The molecule has 1 fully saturated rings. The van der Waals surface area contributed by atoms with E-state index in [4.69, 9.17) is 0 Å². The van der Waals surface area contributed by atoms with Gasteiger partial charge in [-0.3, -0.25) is 4.79 Å². The number of carbonyl (C=O) groups is 1. The van der Waals surface area contributed by atoms with Gasteiger partial charge in [0.05, 0.1) is 4.90 Å². The van der Waals surface area contributed by atoms with E-state index in [0.29, 0.717) is 24.9 Å². The summed E-state index contributed by atoms with van der Waals surface area (Å²) in [5.74, 6) is -0.938. The van der Waals surface area contributed by atoms with Crippen molar-refractivity contribution < 1.29 is 17.6 Å². The highest BCUT2D eigenvalue weighted by Gasteiger charge is 2.33. The SMILES string of the molecule is Cc1cccc(S(=O)(=O)N2CCCC(C(=O)c3ccc(F)cc3)C2)c1. The maximum atomic E-state index is 13.0. The lowest BCUT2D eigenvalue weighted by atomic mass is 9.91. The van der Waals surface area contributed by atoms with Crippen LogP contribution in [-0.2, 0) is 10.0 Å². The van der Waals surface area contributed by atoms with E-state index < -0.39 is 21.8 Å². The number of hydrogen-bond donors (Lipinski definition) is 0. The lowest BCUT2D eigenvalue weighted by Crippen LogP contribution is -2.42. The molecule has 0 amide bonds. The van der Waals surface area contributed by atoms with Crippen LogP contribution in [-0.4, -0.2) is 31.6 Å². The number of piperidine rings is 1. The zero-order chi connectivity index (χ0) is 18.0. The molecule has 25 heavy (non-hydrogen) atoms. The monoisotopic (exact) mass is 361 g/mol.